The Labute approximate surface area is 118 Å². The molecule has 2 atom stereocenters. The molecule has 1 aromatic carbocycles. The Hall–Kier alpha value is -0.660. The van der Waals surface area contributed by atoms with E-state index in [2.05, 4.69) is 4.72 Å². The van der Waals surface area contributed by atoms with Crippen molar-refractivity contribution in [3.8, 4) is 0 Å². The average molecular weight is 305 g/mol. The van der Waals surface area contributed by atoms with E-state index in [1.807, 2.05) is 18.2 Å². The van der Waals surface area contributed by atoms with Gasteiger partial charge in [-0.25, -0.2) is 13.1 Å². The molecule has 7 heteroatoms. The van der Waals surface area contributed by atoms with Gasteiger partial charge < -0.3 is 0 Å². The summed E-state index contributed by atoms with van der Waals surface area (Å²) in [5.41, 5.74) is 0.760. The summed E-state index contributed by atoms with van der Waals surface area (Å²) in [5, 5.41) is 1.43. The van der Waals surface area contributed by atoms with Gasteiger partial charge in [0.2, 0.25) is 10.0 Å². The quantitative estimate of drug-likeness (QED) is 0.917. The van der Waals surface area contributed by atoms with Crippen molar-refractivity contribution in [3.63, 3.8) is 0 Å². The highest BCUT2D eigenvalue weighted by Crippen LogP contribution is 2.36. The summed E-state index contributed by atoms with van der Waals surface area (Å²) in [6.07, 6.45) is 0. The second-order valence-corrected chi connectivity index (χ2v) is 6.78. The predicted molar refractivity (Wildman–Crippen MR) is 74.3 cm³/mol. The molecule has 0 radical (unpaired) electrons. The first kappa shape index (κ1) is 14.7. The number of benzene rings is 1. The molecule has 1 aromatic rings. The van der Waals surface area contributed by atoms with Gasteiger partial charge in [0.15, 0.2) is 0 Å². The molecule has 1 aliphatic heterocycles. The third kappa shape index (κ3) is 2.93. The zero-order chi connectivity index (χ0) is 14.0. The van der Waals surface area contributed by atoms with Crippen molar-refractivity contribution in [3.05, 3.63) is 34.9 Å². The van der Waals surface area contributed by atoms with Crippen molar-refractivity contribution in [2.75, 3.05) is 20.2 Å². The van der Waals surface area contributed by atoms with Gasteiger partial charge in [0.1, 0.15) is 5.25 Å². The third-order valence-electron chi connectivity index (χ3n) is 3.15. The Bertz CT molecular complexity index is 550. The third-order valence-corrected chi connectivity index (χ3v) is 5.38. The van der Waals surface area contributed by atoms with Crippen LogP contribution in [0.25, 0.3) is 0 Å². The van der Waals surface area contributed by atoms with Crippen molar-refractivity contribution in [1.82, 2.24) is 9.79 Å². The number of nitrogens with zero attached hydrogens (tertiary/aromatic N) is 1. The lowest BCUT2D eigenvalue weighted by Gasteiger charge is -2.23. The Morgan fingerprint density at radius 3 is 2.79 bits per heavy atom. The van der Waals surface area contributed by atoms with E-state index < -0.39 is 21.3 Å². The molecular weight excluding hydrogens is 288 g/mol. The first-order chi connectivity index (χ1) is 8.97. The zero-order valence-electron chi connectivity index (χ0n) is 10.8. The topological polar surface area (TPSA) is 58.6 Å². The first-order valence-electron chi connectivity index (χ1n) is 6.06. The van der Waals surface area contributed by atoms with E-state index in [0.717, 1.165) is 5.56 Å². The van der Waals surface area contributed by atoms with Crippen LogP contribution in [-0.2, 0) is 14.9 Å². The van der Waals surface area contributed by atoms with Crippen LogP contribution in [0.1, 0.15) is 18.5 Å². The molecule has 2 rings (SSSR count). The minimum absolute atomic E-state index is 0.127. The molecular formula is C12H17ClN2O3S. The van der Waals surface area contributed by atoms with E-state index in [1.165, 1.54) is 0 Å². The molecule has 106 valence electrons. The van der Waals surface area contributed by atoms with E-state index in [4.69, 9.17) is 16.4 Å². The van der Waals surface area contributed by atoms with Gasteiger partial charge >= 0.3 is 0 Å². The summed E-state index contributed by atoms with van der Waals surface area (Å²) >= 11 is 6.16. The van der Waals surface area contributed by atoms with Gasteiger partial charge in [0, 0.05) is 18.6 Å². The molecule has 1 aliphatic rings. The number of halogens is 1. The lowest BCUT2D eigenvalue weighted by Crippen LogP contribution is -2.39. The molecule has 1 saturated heterocycles. The Balaban J connectivity index is 2.39. The molecule has 19 heavy (non-hydrogen) atoms. The van der Waals surface area contributed by atoms with Gasteiger partial charge in [0.25, 0.3) is 0 Å². The fourth-order valence-corrected chi connectivity index (χ4v) is 4.04. The van der Waals surface area contributed by atoms with Crippen molar-refractivity contribution in [1.29, 1.82) is 0 Å². The van der Waals surface area contributed by atoms with Crippen LogP contribution < -0.4 is 4.72 Å². The highest BCUT2D eigenvalue weighted by atomic mass is 35.5. The molecule has 0 amide bonds. The predicted octanol–water partition coefficient (Wildman–Crippen LogP) is 1.57. The highest BCUT2D eigenvalue weighted by Gasteiger charge is 2.43. The van der Waals surface area contributed by atoms with Gasteiger partial charge in [-0.05, 0) is 11.6 Å². The first-order valence-corrected chi connectivity index (χ1v) is 7.98. The second-order valence-electron chi connectivity index (χ2n) is 4.39. The van der Waals surface area contributed by atoms with Gasteiger partial charge in [-0.3, -0.25) is 4.84 Å². The summed E-state index contributed by atoms with van der Waals surface area (Å²) in [7, 11) is -1.71. The molecule has 0 aromatic heterocycles. The van der Waals surface area contributed by atoms with Gasteiger partial charge in [-0.1, -0.05) is 36.7 Å². The number of rotatable bonds is 4. The normalized spacial score (nSPS) is 24.8. The maximum absolute atomic E-state index is 12.2. The minimum Gasteiger partial charge on any atom is -0.297 e. The van der Waals surface area contributed by atoms with Gasteiger partial charge in [-0.15, -0.1) is 0 Å². The Morgan fingerprint density at radius 1 is 1.47 bits per heavy atom. The van der Waals surface area contributed by atoms with Crippen LogP contribution in [0.2, 0.25) is 5.02 Å². The van der Waals surface area contributed by atoms with Gasteiger partial charge in [-0.2, -0.15) is 5.06 Å². The number of hydrogen-bond acceptors (Lipinski definition) is 4. The van der Waals surface area contributed by atoms with Crippen molar-refractivity contribution < 1.29 is 13.3 Å². The lowest BCUT2D eigenvalue weighted by atomic mass is 10.0. The highest BCUT2D eigenvalue weighted by molar-refractivity contribution is 7.90. The van der Waals surface area contributed by atoms with Crippen molar-refractivity contribution in [2.24, 2.45) is 0 Å². The van der Waals surface area contributed by atoms with E-state index in [9.17, 15) is 8.42 Å². The summed E-state index contributed by atoms with van der Waals surface area (Å²) in [6, 6.07) is 6.82. The molecule has 0 spiro atoms. The summed E-state index contributed by atoms with van der Waals surface area (Å²) < 4.78 is 27.0. The number of hydroxylamine groups is 2. The van der Waals surface area contributed by atoms with Crippen LogP contribution in [0.4, 0.5) is 0 Å². The number of nitrogens with one attached hydrogen (secondary N) is 1. The molecule has 0 bridgehead atoms. The Kier molecular flexibility index (Phi) is 4.47. The van der Waals surface area contributed by atoms with Crippen LogP contribution >= 0.6 is 11.6 Å². The summed E-state index contributed by atoms with van der Waals surface area (Å²) in [4.78, 5) is 5.38. The minimum atomic E-state index is -3.43. The number of sulfonamides is 1. The number of hydrogen-bond donors (Lipinski definition) is 1. The molecule has 2 unspecified atom stereocenters. The molecule has 0 aliphatic carbocycles. The van der Waals surface area contributed by atoms with E-state index >= 15 is 0 Å². The van der Waals surface area contributed by atoms with Crippen molar-refractivity contribution in [2.45, 2.75) is 18.2 Å². The summed E-state index contributed by atoms with van der Waals surface area (Å²) in [6.45, 7) is 2.24. The van der Waals surface area contributed by atoms with Crippen LogP contribution in [0.15, 0.2) is 24.3 Å². The molecule has 5 nitrogen and oxygen atoms in total. The van der Waals surface area contributed by atoms with E-state index in [1.54, 1.807) is 25.1 Å². The zero-order valence-corrected chi connectivity index (χ0v) is 12.4. The van der Waals surface area contributed by atoms with Crippen LogP contribution in [0, 0.1) is 0 Å². The van der Waals surface area contributed by atoms with E-state index in [0.29, 0.717) is 11.6 Å². The summed E-state index contributed by atoms with van der Waals surface area (Å²) in [5.74, 6) is 0. The van der Waals surface area contributed by atoms with Crippen LogP contribution in [-0.4, -0.2) is 38.9 Å². The van der Waals surface area contributed by atoms with Crippen LogP contribution in [0.5, 0.6) is 0 Å². The molecule has 1 N–H and O–H groups in total. The SMILES string of the molecule is CCNS(=O)(=O)C1CON(C)C1c1ccccc1Cl. The Morgan fingerprint density at radius 2 is 2.16 bits per heavy atom. The molecule has 1 fully saturated rings. The smallest absolute Gasteiger partial charge is 0.218 e. The lowest BCUT2D eigenvalue weighted by molar-refractivity contribution is -0.110. The maximum atomic E-state index is 12.2. The maximum Gasteiger partial charge on any atom is 0.218 e. The fraction of sp³-hybridized carbons (Fsp3) is 0.500. The largest absolute Gasteiger partial charge is 0.297 e. The van der Waals surface area contributed by atoms with E-state index in [-0.39, 0.29) is 6.61 Å². The molecule has 0 saturated carbocycles. The molecule has 1 heterocycles. The standard InChI is InChI=1S/C12H17ClN2O3S/c1-3-14-19(16,17)11-8-18-15(2)12(11)9-6-4-5-7-10(9)13/h4-7,11-12,14H,3,8H2,1-2H3. The van der Waals surface area contributed by atoms with Crippen molar-refractivity contribution >= 4 is 21.6 Å². The second kappa shape index (κ2) is 5.76. The van der Waals surface area contributed by atoms with Crippen LogP contribution in [0.3, 0.4) is 0 Å². The average Bonchev–Trinajstić information content (AvgIpc) is 2.72. The fourth-order valence-electron chi connectivity index (χ4n) is 2.28. The van der Waals surface area contributed by atoms with Gasteiger partial charge in [0.05, 0.1) is 12.6 Å². The monoisotopic (exact) mass is 304 g/mol.